The molecule has 0 bridgehead atoms. The summed E-state index contributed by atoms with van der Waals surface area (Å²) in [5, 5.41) is 2.91. The Kier molecular flexibility index (Phi) is 2.27. The van der Waals surface area contributed by atoms with E-state index in [4.69, 9.17) is 0 Å². The maximum Gasteiger partial charge on any atom is 0.244 e. The van der Waals surface area contributed by atoms with E-state index in [0.717, 1.165) is 17.0 Å². The molecule has 0 saturated carbocycles. The van der Waals surface area contributed by atoms with Gasteiger partial charge in [0.1, 0.15) is 4.75 Å². The number of hydrogen-bond acceptors (Lipinski definition) is 2. The van der Waals surface area contributed by atoms with Crippen LogP contribution in [-0.2, 0) is 9.54 Å². The van der Waals surface area contributed by atoms with Gasteiger partial charge < -0.3 is 5.32 Å². The number of para-hydroxylation sites is 1. The minimum Gasteiger partial charge on any atom is -0.324 e. The standard InChI is InChI=1S/C11H13NOS/c1-3-14-11(2)8-6-4-5-7-9(8)12-10(11)13/h4-7H,3H2,1-2H3,(H,12,13). The van der Waals surface area contributed by atoms with E-state index >= 15 is 0 Å². The Morgan fingerprint density at radius 1 is 1.43 bits per heavy atom. The molecule has 1 amide bonds. The maximum atomic E-state index is 11.8. The minimum absolute atomic E-state index is 0.102. The van der Waals surface area contributed by atoms with E-state index < -0.39 is 4.75 Å². The van der Waals surface area contributed by atoms with Gasteiger partial charge in [0.15, 0.2) is 0 Å². The summed E-state index contributed by atoms with van der Waals surface area (Å²) >= 11 is 1.68. The first-order valence-electron chi connectivity index (χ1n) is 4.73. The molecule has 1 aliphatic heterocycles. The molecule has 74 valence electrons. The number of rotatable bonds is 2. The molecular formula is C11H13NOS. The summed E-state index contributed by atoms with van der Waals surface area (Å²) < 4.78 is -0.397. The smallest absolute Gasteiger partial charge is 0.244 e. The van der Waals surface area contributed by atoms with Gasteiger partial charge in [-0.1, -0.05) is 25.1 Å². The van der Waals surface area contributed by atoms with Gasteiger partial charge in [0.2, 0.25) is 5.91 Å². The van der Waals surface area contributed by atoms with Crippen molar-refractivity contribution in [2.75, 3.05) is 11.1 Å². The Bertz CT molecular complexity index is 377. The van der Waals surface area contributed by atoms with Gasteiger partial charge >= 0.3 is 0 Å². The monoisotopic (exact) mass is 207 g/mol. The van der Waals surface area contributed by atoms with Crippen LogP contribution in [-0.4, -0.2) is 11.7 Å². The van der Waals surface area contributed by atoms with Crippen molar-refractivity contribution in [3.63, 3.8) is 0 Å². The molecule has 1 aromatic carbocycles. The van der Waals surface area contributed by atoms with Crippen LogP contribution in [0.5, 0.6) is 0 Å². The van der Waals surface area contributed by atoms with Crippen molar-refractivity contribution in [3.8, 4) is 0 Å². The molecule has 0 radical (unpaired) electrons. The fraction of sp³-hybridized carbons (Fsp3) is 0.364. The first-order chi connectivity index (χ1) is 6.68. The van der Waals surface area contributed by atoms with E-state index in [9.17, 15) is 4.79 Å². The second-order valence-electron chi connectivity index (χ2n) is 3.47. The highest BCUT2D eigenvalue weighted by molar-refractivity contribution is 8.00. The molecule has 1 N–H and O–H groups in total. The van der Waals surface area contributed by atoms with E-state index in [-0.39, 0.29) is 5.91 Å². The minimum atomic E-state index is -0.397. The second-order valence-corrected chi connectivity index (χ2v) is 5.15. The van der Waals surface area contributed by atoms with Gasteiger partial charge in [-0.2, -0.15) is 0 Å². The van der Waals surface area contributed by atoms with Crippen LogP contribution in [0.2, 0.25) is 0 Å². The third kappa shape index (κ3) is 1.23. The summed E-state index contributed by atoms with van der Waals surface area (Å²) in [6.07, 6.45) is 0. The Hall–Kier alpha value is -0.960. The van der Waals surface area contributed by atoms with Gasteiger partial charge in [-0.3, -0.25) is 4.79 Å². The predicted molar refractivity (Wildman–Crippen MR) is 60.6 cm³/mol. The molecule has 3 heteroatoms. The average molecular weight is 207 g/mol. The lowest BCUT2D eigenvalue weighted by Crippen LogP contribution is -2.27. The lowest BCUT2D eigenvalue weighted by atomic mass is 10.0. The number of benzene rings is 1. The fourth-order valence-electron chi connectivity index (χ4n) is 1.80. The highest BCUT2D eigenvalue weighted by Gasteiger charge is 2.42. The Labute approximate surface area is 88.1 Å². The van der Waals surface area contributed by atoms with Crippen LogP contribution < -0.4 is 5.32 Å². The number of anilines is 1. The predicted octanol–water partition coefficient (Wildman–Crippen LogP) is 2.61. The molecule has 1 unspecified atom stereocenters. The molecule has 0 spiro atoms. The summed E-state index contributed by atoms with van der Waals surface area (Å²) in [4.78, 5) is 11.8. The summed E-state index contributed by atoms with van der Waals surface area (Å²) in [5.74, 6) is 1.05. The van der Waals surface area contributed by atoms with Crippen molar-refractivity contribution in [1.29, 1.82) is 0 Å². The second kappa shape index (κ2) is 3.31. The van der Waals surface area contributed by atoms with E-state index in [1.54, 1.807) is 11.8 Å². The number of nitrogens with one attached hydrogen (secondary N) is 1. The first kappa shape index (κ1) is 9.59. The van der Waals surface area contributed by atoms with Crippen molar-refractivity contribution in [1.82, 2.24) is 0 Å². The lowest BCUT2D eigenvalue weighted by molar-refractivity contribution is -0.117. The Morgan fingerprint density at radius 3 is 2.86 bits per heavy atom. The zero-order valence-electron chi connectivity index (χ0n) is 8.33. The van der Waals surface area contributed by atoms with Crippen molar-refractivity contribution < 1.29 is 4.79 Å². The molecule has 1 heterocycles. The molecule has 0 fully saturated rings. The normalized spacial score (nSPS) is 24.6. The Morgan fingerprint density at radius 2 is 2.14 bits per heavy atom. The van der Waals surface area contributed by atoms with E-state index in [2.05, 4.69) is 12.2 Å². The molecule has 0 aromatic heterocycles. The topological polar surface area (TPSA) is 29.1 Å². The van der Waals surface area contributed by atoms with Gasteiger partial charge in [0.05, 0.1) is 0 Å². The zero-order chi connectivity index (χ0) is 10.2. The molecule has 2 nitrogen and oxygen atoms in total. The third-order valence-corrected chi connectivity index (χ3v) is 3.83. The quantitative estimate of drug-likeness (QED) is 0.807. The number of carbonyl (C=O) groups is 1. The van der Waals surface area contributed by atoms with Crippen LogP contribution in [0.4, 0.5) is 5.69 Å². The van der Waals surface area contributed by atoms with Crippen LogP contribution in [0.25, 0.3) is 0 Å². The van der Waals surface area contributed by atoms with Crippen molar-refractivity contribution in [2.24, 2.45) is 0 Å². The summed E-state index contributed by atoms with van der Waals surface area (Å²) in [7, 11) is 0. The molecule has 2 rings (SSSR count). The van der Waals surface area contributed by atoms with Crippen LogP contribution in [0.15, 0.2) is 24.3 Å². The van der Waals surface area contributed by atoms with Gasteiger partial charge in [-0.15, -0.1) is 11.8 Å². The fourth-order valence-corrected chi connectivity index (χ4v) is 2.90. The van der Waals surface area contributed by atoms with Crippen LogP contribution in [0.1, 0.15) is 19.4 Å². The van der Waals surface area contributed by atoms with E-state index in [0.29, 0.717) is 0 Å². The highest BCUT2D eigenvalue weighted by atomic mass is 32.2. The maximum absolute atomic E-state index is 11.8. The number of fused-ring (bicyclic) bond motifs is 1. The lowest BCUT2D eigenvalue weighted by Gasteiger charge is -2.20. The molecular weight excluding hydrogens is 194 g/mol. The van der Waals surface area contributed by atoms with Gasteiger partial charge in [-0.25, -0.2) is 0 Å². The van der Waals surface area contributed by atoms with Crippen molar-refractivity contribution >= 4 is 23.4 Å². The van der Waals surface area contributed by atoms with Gasteiger partial charge in [0, 0.05) is 11.3 Å². The zero-order valence-corrected chi connectivity index (χ0v) is 9.15. The number of amides is 1. The number of hydrogen-bond donors (Lipinski definition) is 1. The molecule has 1 aliphatic rings. The molecule has 0 saturated heterocycles. The molecule has 14 heavy (non-hydrogen) atoms. The molecule has 0 aliphatic carbocycles. The SMILES string of the molecule is CCSC1(C)C(=O)Nc2ccccc21. The summed E-state index contributed by atoms with van der Waals surface area (Å²) in [6, 6.07) is 7.90. The highest BCUT2D eigenvalue weighted by Crippen LogP contribution is 2.45. The van der Waals surface area contributed by atoms with E-state index in [1.807, 2.05) is 31.2 Å². The van der Waals surface area contributed by atoms with Gasteiger partial charge in [-0.05, 0) is 18.7 Å². The van der Waals surface area contributed by atoms with Crippen molar-refractivity contribution in [2.45, 2.75) is 18.6 Å². The van der Waals surface area contributed by atoms with Crippen LogP contribution in [0, 0.1) is 0 Å². The van der Waals surface area contributed by atoms with E-state index in [1.165, 1.54) is 0 Å². The van der Waals surface area contributed by atoms with Gasteiger partial charge in [0.25, 0.3) is 0 Å². The molecule has 1 aromatic rings. The largest absolute Gasteiger partial charge is 0.324 e. The third-order valence-electron chi connectivity index (χ3n) is 2.56. The van der Waals surface area contributed by atoms with Crippen LogP contribution >= 0.6 is 11.8 Å². The summed E-state index contributed by atoms with van der Waals surface area (Å²) in [6.45, 7) is 4.06. The number of thioether (sulfide) groups is 1. The summed E-state index contributed by atoms with van der Waals surface area (Å²) in [5.41, 5.74) is 2.07. The Balaban J connectivity index is 2.48. The van der Waals surface area contributed by atoms with Crippen molar-refractivity contribution in [3.05, 3.63) is 29.8 Å². The van der Waals surface area contributed by atoms with Crippen LogP contribution in [0.3, 0.4) is 0 Å². The average Bonchev–Trinajstić information content (AvgIpc) is 2.41. The molecule has 1 atom stereocenters. The number of carbonyl (C=O) groups excluding carboxylic acids is 1. The first-order valence-corrected chi connectivity index (χ1v) is 5.72.